The summed E-state index contributed by atoms with van der Waals surface area (Å²) in [5, 5.41) is 4.76. The number of amides is 1. The Morgan fingerprint density at radius 3 is 2.56 bits per heavy atom. The molecule has 4 aliphatic heterocycles. The second kappa shape index (κ2) is 16.7. The van der Waals surface area contributed by atoms with Gasteiger partial charge in [-0.1, -0.05) is 31.1 Å². The zero-order valence-corrected chi connectivity index (χ0v) is 35.0. The highest BCUT2D eigenvalue weighted by atomic mass is 16.7. The van der Waals surface area contributed by atoms with Crippen LogP contribution in [0, 0.1) is 31.1 Å². The van der Waals surface area contributed by atoms with Crippen LogP contribution in [0.1, 0.15) is 93.2 Å². The minimum atomic E-state index is -0.613. The van der Waals surface area contributed by atoms with Gasteiger partial charge in [-0.15, -0.1) is 6.42 Å². The van der Waals surface area contributed by atoms with Crippen molar-refractivity contribution in [1.82, 2.24) is 29.7 Å². The van der Waals surface area contributed by atoms with E-state index in [2.05, 4.69) is 29.1 Å². The van der Waals surface area contributed by atoms with Crippen LogP contribution in [0.4, 0.5) is 10.6 Å². The average Bonchev–Trinajstić information content (AvgIpc) is 3.92. The summed E-state index contributed by atoms with van der Waals surface area (Å²) < 4.78 is 31.4. The highest BCUT2D eigenvalue weighted by Gasteiger charge is 2.46. The molecule has 0 aliphatic carbocycles. The Hall–Kier alpha value is -5.39. The fraction of sp³-hybridized carbons (Fsp3) is 0.533. The minimum absolute atomic E-state index is 0.00275. The number of hydrogen-bond donors (Lipinski definition) is 1. The van der Waals surface area contributed by atoms with Gasteiger partial charge in [-0.3, -0.25) is 9.69 Å². The molecule has 4 aliphatic rings. The van der Waals surface area contributed by atoms with E-state index in [1.807, 2.05) is 61.6 Å². The van der Waals surface area contributed by atoms with Gasteiger partial charge in [0.1, 0.15) is 16.9 Å². The number of fused-ring (bicyclic) bond motifs is 4. The van der Waals surface area contributed by atoms with Gasteiger partial charge >= 0.3 is 12.1 Å². The van der Waals surface area contributed by atoms with Crippen molar-refractivity contribution >= 4 is 39.6 Å². The molecule has 2 aromatic carbocycles. The summed E-state index contributed by atoms with van der Waals surface area (Å²) in [7, 11) is 1.55. The fourth-order valence-corrected chi connectivity index (χ4v) is 9.11. The maximum atomic E-state index is 15.3. The SMILES string of the molecule is C#Cc1c(C)ccc2cc(OCOC)cc(C(=O)c3nc4nc(OC[C@@H]5C/C=C\NC[C@H](C)C5)nc(N5CC6CCC(C5)N6C(=O)OC(C)(C)C)c4n3C3CCOC3)c12. The largest absolute Gasteiger partial charge is 0.468 e. The van der Waals surface area contributed by atoms with E-state index in [4.69, 9.17) is 45.1 Å². The summed E-state index contributed by atoms with van der Waals surface area (Å²) >= 11 is 0. The number of rotatable bonds is 10. The van der Waals surface area contributed by atoms with Gasteiger partial charge < -0.3 is 38.5 Å². The third kappa shape index (κ3) is 8.28. The number of imidazole rings is 1. The van der Waals surface area contributed by atoms with E-state index < -0.39 is 5.60 Å². The first kappa shape index (κ1) is 40.4. The van der Waals surface area contributed by atoms with Gasteiger partial charge in [0.25, 0.3) is 0 Å². The molecule has 6 heterocycles. The predicted octanol–water partition coefficient (Wildman–Crippen LogP) is 6.56. The van der Waals surface area contributed by atoms with Crippen LogP contribution in [0.25, 0.3) is 21.9 Å². The van der Waals surface area contributed by atoms with Crippen molar-refractivity contribution in [2.75, 3.05) is 58.3 Å². The van der Waals surface area contributed by atoms with Gasteiger partial charge in [0.15, 0.2) is 24.1 Å². The summed E-state index contributed by atoms with van der Waals surface area (Å²) in [6, 6.07) is 7.26. The number of methoxy groups -OCH3 is 1. The molecule has 3 saturated heterocycles. The van der Waals surface area contributed by atoms with Crippen LogP contribution in [0.15, 0.2) is 36.5 Å². The third-order valence-corrected chi connectivity index (χ3v) is 11.8. The molecule has 3 fully saturated rings. The van der Waals surface area contributed by atoms with Crippen LogP contribution in [0.3, 0.4) is 0 Å². The number of allylic oxidation sites excluding steroid dienone is 1. The van der Waals surface area contributed by atoms with Gasteiger partial charge in [0.2, 0.25) is 5.78 Å². The van der Waals surface area contributed by atoms with Crippen LogP contribution in [0.5, 0.6) is 11.8 Å². The number of carbonyl (C=O) groups excluding carboxylic acids is 2. The lowest BCUT2D eigenvalue weighted by Gasteiger charge is -2.42. The quantitative estimate of drug-likeness (QED) is 0.105. The molecule has 14 nitrogen and oxygen atoms in total. The van der Waals surface area contributed by atoms with Gasteiger partial charge in [0.05, 0.1) is 31.3 Å². The number of nitrogens with zero attached hydrogens (tertiary/aromatic N) is 6. The summed E-state index contributed by atoms with van der Waals surface area (Å²) in [6.07, 6.45) is 14.2. The molecular formula is C45H55N7O7. The van der Waals surface area contributed by atoms with Crippen molar-refractivity contribution in [1.29, 1.82) is 0 Å². The zero-order chi connectivity index (χ0) is 41.4. The number of ether oxygens (including phenoxy) is 5. The highest BCUT2D eigenvalue weighted by molar-refractivity contribution is 6.17. The predicted molar refractivity (Wildman–Crippen MR) is 224 cm³/mol. The molecule has 2 aromatic heterocycles. The van der Waals surface area contributed by atoms with Crippen LogP contribution < -0.4 is 19.7 Å². The maximum absolute atomic E-state index is 15.3. The van der Waals surface area contributed by atoms with Crippen LogP contribution in [-0.4, -0.2) is 107 Å². The molecule has 0 saturated carbocycles. The molecular weight excluding hydrogens is 751 g/mol. The number of piperazine rings is 1. The first-order chi connectivity index (χ1) is 28.4. The normalized spacial score (nSPS) is 23.7. The Morgan fingerprint density at radius 2 is 1.85 bits per heavy atom. The van der Waals surface area contributed by atoms with Crippen LogP contribution in [-0.2, 0) is 14.2 Å². The summed E-state index contributed by atoms with van der Waals surface area (Å²) in [5.41, 5.74) is 2.22. The molecule has 3 unspecified atom stereocenters. The Kier molecular flexibility index (Phi) is 11.4. The minimum Gasteiger partial charge on any atom is -0.468 e. The van der Waals surface area contributed by atoms with Gasteiger partial charge in [0, 0.05) is 49.9 Å². The van der Waals surface area contributed by atoms with E-state index in [0.717, 1.165) is 43.2 Å². The summed E-state index contributed by atoms with van der Waals surface area (Å²) in [4.78, 5) is 48.1. The Balaban J connectivity index is 1.27. The smallest absolute Gasteiger partial charge is 0.410 e. The summed E-state index contributed by atoms with van der Waals surface area (Å²) in [5.74, 6) is 4.50. The monoisotopic (exact) mass is 805 g/mol. The number of aryl methyl sites for hydroxylation is 1. The number of anilines is 1. The van der Waals surface area contributed by atoms with E-state index in [0.29, 0.717) is 84.5 Å². The molecule has 2 bridgehead atoms. The number of terminal acetylenes is 1. The second-order valence-corrected chi connectivity index (χ2v) is 17.4. The van der Waals surface area contributed by atoms with Gasteiger partial charge in [-0.25, -0.2) is 9.78 Å². The number of aromatic nitrogens is 4. The van der Waals surface area contributed by atoms with Crippen molar-refractivity contribution < 1.29 is 33.3 Å². The Morgan fingerprint density at radius 1 is 1.05 bits per heavy atom. The first-order valence-electron chi connectivity index (χ1n) is 20.8. The molecule has 4 aromatic rings. The molecule has 1 amide bonds. The van der Waals surface area contributed by atoms with Crippen molar-refractivity contribution in [2.24, 2.45) is 11.8 Å². The van der Waals surface area contributed by atoms with E-state index in [1.54, 1.807) is 13.2 Å². The molecule has 8 rings (SSSR count). The third-order valence-electron chi connectivity index (χ3n) is 11.8. The average molecular weight is 806 g/mol. The molecule has 312 valence electrons. The van der Waals surface area contributed by atoms with E-state index >= 15 is 4.79 Å². The number of ketones is 1. The highest BCUT2D eigenvalue weighted by Crippen LogP contribution is 2.40. The number of benzene rings is 2. The van der Waals surface area contributed by atoms with Crippen molar-refractivity contribution in [2.45, 2.75) is 90.4 Å². The molecule has 0 spiro atoms. The standard InChI is InChI=1S/C45H55N7O7/c1-8-35-28(3)11-12-30-19-34(58-26-55-7)20-36(37(30)35)39(53)42-47-40-38(52(42)33-15-17-56-25-33)41(49-43(48-40)57-24-29-10-9-16-46-21-27(2)18-29)50-22-31-13-14-32(23-50)51(31)44(54)59-45(4,5)6/h1,9,11-12,16,19-20,27,29,31-33,46H,10,13-15,17-18,21-26H2,2-7H3/b16-9-/t27-,29-,31?,32?,33?/m1/s1. The lowest BCUT2D eigenvalue weighted by atomic mass is 9.93. The van der Waals surface area contributed by atoms with Gasteiger partial charge in [-0.05, 0) is 101 Å². The molecule has 14 heteroatoms. The Bertz CT molecular complexity index is 2290. The van der Waals surface area contributed by atoms with Crippen LogP contribution >= 0.6 is 0 Å². The maximum Gasteiger partial charge on any atom is 0.410 e. The van der Waals surface area contributed by atoms with E-state index in [1.165, 1.54) is 0 Å². The number of hydrogen-bond acceptors (Lipinski definition) is 12. The van der Waals surface area contributed by atoms with Crippen LogP contribution in [0.2, 0.25) is 0 Å². The van der Waals surface area contributed by atoms with Crippen molar-refractivity contribution in [3.05, 3.63) is 59.1 Å². The fourth-order valence-electron chi connectivity index (χ4n) is 9.11. The summed E-state index contributed by atoms with van der Waals surface area (Å²) in [6.45, 7) is 13.1. The molecule has 1 N–H and O–H groups in total. The topological polar surface area (TPSA) is 142 Å². The van der Waals surface area contributed by atoms with Crippen molar-refractivity contribution in [3.8, 4) is 24.1 Å². The lowest BCUT2D eigenvalue weighted by Crippen LogP contribution is -2.57. The van der Waals surface area contributed by atoms with E-state index in [9.17, 15) is 4.79 Å². The Labute approximate surface area is 345 Å². The number of nitrogens with one attached hydrogen (secondary N) is 1. The second-order valence-electron chi connectivity index (χ2n) is 17.4. The van der Waals surface area contributed by atoms with Crippen molar-refractivity contribution in [3.63, 3.8) is 0 Å². The number of carbonyl (C=O) groups is 2. The molecule has 59 heavy (non-hydrogen) atoms. The lowest BCUT2D eigenvalue weighted by molar-refractivity contribution is 0.0122. The first-order valence-corrected chi connectivity index (χ1v) is 20.8. The van der Waals surface area contributed by atoms with E-state index in [-0.39, 0.29) is 54.5 Å². The molecule has 0 radical (unpaired) electrons. The van der Waals surface area contributed by atoms with Gasteiger partial charge in [-0.2, -0.15) is 9.97 Å². The zero-order valence-electron chi connectivity index (χ0n) is 35.0. The molecule has 5 atom stereocenters.